The highest BCUT2D eigenvalue weighted by molar-refractivity contribution is 6.51. The van der Waals surface area contributed by atoms with Gasteiger partial charge in [0.25, 0.3) is 11.7 Å². The van der Waals surface area contributed by atoms with E-state index in [0.29, 0.717) is 16.8 Å². The molecular weight excluding hydrogens is 378 g/mol. The van der Waals surface area contributed by atoms with Crippen molar-refractivity contribution in [1.29, 1.82) is 0 Å². The van der Waals surface area contributed by atoms with Crippen LogP contribution < -0.4 is 4.90 Å². The second kappa shape index (κ2) is 7.52. The number of phenols is 1. The number of benzene rings is 3. The van der Waals surface area contributed by atoms with Gasteiger partial charge in [0.15, 0.2) is 0 Å². The normalized spacial score (nSPS) is 18.1. The Morgan fingerprint density at radius 2 is 1.60 bits per heavy atom. The zero-order valence-corrected chi connectivity index (χ0v) is 16.7. The van der Waals surface area contributed by atoms with Gasteiger partial charge in [-0.1, -0.05) is 60.2 Å². The topological polar surface area (TPSA) is 77.8 Å². The van der Waals surface area contributed by atoms with E-state index in [4.69, 9.17) is 0 Å². The van der Waals surface area contributed by atoms with Crippen LogP contribution in [0, 0.1) is 13.8 Å². The molecule has 1 heterocycles. The summed E-state index contributed by atoms with van der Waals surface area (Å²) in [6.45, 7) is 3.78. The third-order valence-electron chi connectivity index (χ3n) is 5.33. The fraction of sp³-hybridized carbons (Fsp3) is 0.120. The summed E-state index contributed by atoms with van der Waals surface area (Å²) in [5.41, 5.74) is 3.39. The Balaban J connectivity index is 1.98. The van der Waals surface area contributed by atoms with E-state index in [9.17, 15) is 19.8 Å². The first-order valence-corrected chi connectivity index (χ1v) is 9.61. The molecule has 5 heteroatoms. The Morgan fingerprint density at radius 3 is 2.27 bits per heavy atom. The number of aliphatic hydroxyl groups excluding tert-OH is 1. The average Bonchev–Trinajstić information content (AvgIpc) is 2.99. The van der Waals surface area contributed by atoms with Crippen molar-refractivity contribution in [3.05, 3.63) is 101 Å². The third-order valence-corrected chi connectivity index (χ3v) is 5.33. The first-order valence-electron chi connectivity index (χ1n) is 9.61. The SMILES string of the molecule is Cc1ccc(/C(O)=C2/C(=O)C(=O)N(c3ccccc3C)C2c2cccc(O)c2)cc1. The zero-order valence-electron chi connectivity index (χ0n) is 16.7. The van der Waals surface area contributed by atoms with Crippen molar-refractivity contribution in [3.63, 3.8) is 0 Å². The smallest absolute Gasteiger partial charge is 0.300 e. The highest BCUT2D eigenvalue weighted by atomic mass is 16.3. The van der Waals surface area contributed by atoms with Crippen molar-refractivity contribution >= 4 is 23.1 Å². The highest BCUT2D eigenvalue weighted by Gasteiger charge is 2.47. The number of Topliss-reactive ketones (excluding diaryl/α,β-unsaturated/α-hetero) is 1. The number of rotatable bonds is 3. The molecule has 0 spiro atoms. The van der Waals surface area contributed by atoms with Gasteiger partial charge in [0.1, 0.15) is 11.5 Å². The molecule has 1 saturated heterocycles. The maximum atomic E-state index is 13.1. The predicted octanol–water partition coefficient (Wildman–Crippen LogP) is 4.64. The highest BCUT2D eigenvalue weighted by Crippen LogP contribution is 2.43. The molecule has 0 radical (unpaired) electrons. The van der Waals surface area contributed by atoms with Crippen LogP contribution in [0.25, 0.3) is 5.76 Å². The van der Waals surface area contributed by atoms with Crippen LogP contribution in [-0.4, -0.2) is 21.9 Å². The van der Waals surface area contributed by atoms with Gasteiger partial charge in [0, 0.05) is 11.3 Å². The molecule has 1 fully saturated rings. The number of carbonyl (C=O) groups is 2. The summed E-state index contributed by atoms with van der Waals surface area (Å²) in [6, 6.07) is 19.9. The summed E-state index contributed by atoms with van der Waals surface area (Å²) < 4.78 is 0. The molecule has 0 saturated carbocycles. The van der Waals surface area contributed by atoms with Crippen LogP contribution in [-0.2, 0) is 9.59 Å². The third kappa shape index (κ3) is 3.24. The summed E-state index contributed by atoms with van der Waals surface area (Å²) in [7, 11) is 0. The molecule has 1 unspecified atom stereocenters. The number of hydrogen-bond acceptors (Lipinski definition) is 4. The number of ketones is 1. The van der Waals surface area contributed by atoms with Gasteiger partial charge in [-0.25, -0.2) is 0 Å². The lowest BCUT2D eigenvalue weighted by molar-refractivity contribution is -0.132. The summed E-state index contributed by atoms with van der Waals surface area (Å²) >= 11 is 0. The van der Waals surface area contributed by atoms with Crippen LogP contribution in [0.3, 0.4) is 0 Å². The molecule has 0 bridgehead atoms. The summed E-state index contributed by atoms with van der Waals surface area (Å²) in [4.78, 5) is 27.6. The van der Waals surface area contributed by atoms with Gasteiger partial charge >= 0.3 is 0 Å². The van der Waals surface area contributed by atoms with Crippen LogP contribution in [0.15, 0.2) is 78.4 Å². The predicted molar refractivity (Wildman–Crippen MR) is 115 cm³/mol. The first-order chi connectivity index (χ1) is 14.4. The van der Waals surface area contributed by atoms with E-state index in [-0.39, 0.29) is 17.1 Å². The van der Waals surface area contributed by atoms with Gasteiger partial charge in [0.05, 0.1) is 11.6 Å². The number of aryl methyl sites for hydroxylation is 2. The van der Waals surface area contributed by atoms with E-state index in [1.165, 1.54) is 17.0 Å². The minimum atomic E-state index is -0.862. The molecule has 1 atom stereocenters. The van der Waals surface area contributed by atoms with E-state index < -0.39 is 17.7 Å². The Labute approximate surface area is 174 Å². The minimum absolute atomic E-state index is 0.00212. The van der Waals surface area contributed by atoms with Crippen LogP contribution >= 0.6 is 0 Å². The molecule has 3 aromatic carbocycles. The van der Waals surface area contributed by atoms with Gasteiger partial charge in [-0.2, -0.15) is 0 Å². The number of carbonyl (C=O) groups excluding carboxylic acids is 2. The number of hydrogen-bond donors (Lipinski definition) is 2. The monoisotopic (exact) mass is 399 g/mol. The van der Waals surface area contributed by atoms with Crippen LogP contribution in [0.2, 0.25) is 0 Å². The second-order valence-corrected chi connectivity index (χ2v) is 7.42. The molecule has 1 aliphatic heterocycles. The molecule has 0 aromatic heterocycles. The molecule has 150 valence electrons. The minimum Gasteiger partial charge on any atom is -0.508 e. The van der Waals surface area contributed by atoms with E-state index in [1.54, 1.807) is 36.4 Å². The summed E-state index contributed by atoms with van der Waals surface area (Å²) in [5, 5.41) is 21.1. The molecule has 2 N–H and O–H groups in total. The Hall–Kier alpha value is -3.86. The number of phenolic OH excluding ortho intramolecular Hbond substituents is 1. The largest absolute Gasteiger partial charge is 0.508 e. The van der Waals surface area contributed by atoms with Crippen molar-refractivity contribution in [1.82, 2.24) is 0 Å². The van der Waals surface area contributed by atoms with Crippen molar-refractivity contribution in [2.75, 3.05) is 4.90 Å². The van der Waals surface area contributed by atoms with Gasteiger partial charge in [0.2, 0.25) is 0 Å². The van der Waals surface area contributed by atoms with E-state index in [1.807, 2.05) is 38.1 Å². The van der Waals surface area contributed by atoms with Gasteiger partial charge in [-0.05, 0) is 43.2 Å². The van der Waals surface area contributed by atoms with E-state index in [0.717, 1.165) is 11.1 Å². The van der Waals surface area contributed by atoms with Crippen molar-refractivity contribution in [3.8, 4) is 5.75 Å². The zero-order chi connectivity index (χ0) is 21.4. The number of anilines is 1. The number of amides is 1. The molecule has 30 heavy (non-hydrogen) atoms. The molecular formula is C25H21NO4. The van der Waals surface area contributed by atoms with Crippen molar-refractivity contribution < 1.29 is 19.8 Å². The van der Waals surface area contributed by atoms with Gasteiger partial charge in [-0.15, -0.1) is 0 Å². The molecule has 1 aliphatic rings. The van der Waals surface area contributed by atoms with Crippen molar-refractivity contribution in [2.45, 2.75) is 19.9 Å². The van der Waals surface area contributed by atoms with E-state index in [2.05, 4.69) is 0 Å². The molecule has 1 amide bonds. The lowest BCUT2D eigenvalue weighted by Gasteiger charge is -2.26. The standard InChI is InChI=1S/C25H21NO4/c1-15-10-12-17(13-11-15)23(28)21-22(18-7-5-8-19(27)14-18)26(25(30)24(21)29)20-9-4-3-6-16(20)2/h3-14,22,27-28H,1-2H3/b23-21-. The van der Waals surface area contributed by atoms with Crippen molar-refractivity contribution in [2.24, 2.45) is 0 Å². The second-order valence-electron chi connectivity index (χ2n) is 7.42. The average molecular weight is 399 g/mol. The lowest BCUT2D eigenvalue weighted by Crippen LogP contribution is -2.30. The summed E-state index contributed by atoms with van der Waals surface area (Å²) in [5.74, 6) is -1.70. The lowest BCUT2D eigenvalue weighted by atomic mass is 9.94. The number of aliphatic hydroxyl groups is 1. The molecule has 5 nitrogen and oxygen atoms in total. The van der Waals surface area contributed by atoms with E-state index >= 15 is 0 Å². The fourth-order valence-corrected chi connectivity index (χ4v) is 3.79. The van der Waals surface area contributed by atoms with Crippen LogP contribution in [0.5, 0.6) is 5.75 Å². The molecule has 3 aromatic rings. The maximum absolute atomic E-state index is 13.1. The van der Waals surface area contributed by atoms with Gasteiger partial charge in [-0.3, -0.25) is 14.5 Å². The number of aromatic hydroxyl groups is 1. The van der Waals surface area contributed by atoms with Crippen LogP contribution in [0.1, 0.15) is 28.3 Å². The Morgan fingerprint density at radius 1 is 0.900 bits per heavy atom. The Kier molecular flexibility index (Phi) is 4.88. The summed E-state index contributed by atoms with van der Waals surface area (Å²) in [6.07, 6.45) is 0. The number of nitrogens with zero attached hydrogens (tertiary/aromatic N) is 1. The molecule has 4 rings (SSSR count). The Bertz CT molecular complexity index is 1180. The van der Waals surface area contributed by atoms with Gasteiger partial charge < -0.3 is 10.2 Å². The number of para-hydroxylation sites is 1. The molecule has 0 aliphatic carbocycles. The first kappa shape index (κ1) is 19.5. The quantitative estimate of drug-likeness (QED) is 0.382. The maximum Gasteiger partial charge on any atom is 0.300 e. The fourth-order valence-electron chi connectivity index (χ4n) is 3.79. The van der Waals surface area contributed by atoms with Crippen LogP contribution in [0.4, 0.5) is 5.69 Å².